The number of benzene rings is 9. The van der Waals surface area contributed by atoms with Crippen molar-refractivity contribution in [3.8, 4) is 33.4 Å². The van der Waals surface area contributed by atoms with E-state index in [1.165, 1.54) is 66.4 Å². The van der Waals surface area contributed by atoms with Crippen molar-refractivity contribution in [3.63, 3.8) is 0 Å². The lowest BCUT2D eigenvalue weighted by atomic mass is 9.82. The zero-order valence-corrected chi connectivity index (χ0v) is 33.1. The van der Waals surface area contributed by atoms with E-state index in [9.17, 15) is 0 Å². The van der Waals surface area contributed by atoms with Crippen LogP contribution in [0.5, 0.6) is 0 Å². The molecular weight excluding hydrogens is 703 g/mol. The maximum atomic E-state index is 6.91. The van der Waals surface area contributed by atoms with Crippen LogP contribution in [0.15, 0.2) is 180 Å². The van der Waals surface area contributed by atoms with Crippen molar-refractivity contribution in [3.05, 3.63) is 198 Å². The zero-order valence-electron chi connectivity index (χ0n) is 33.1. The summed E-state index contributed by atoms with van der Waals surface area (Å²) in [6, 6.07) is 65.1. The second-order valence-electron chi connectivity index (χ2n) is 17.3. The third-order valence-electron chi connectivity index (χ3n) is 13.5. The highest BCUT2D eigenvalue weighted by molar-refractivity contribution is 6.23. The Hall–Kier alpha value is -6.90. The molecule has 58 heavy (non-hydrogen) atoms. The summed E-state index contributed by atoms with van der Waals surface area (Å²) in [5.41, 5.74) is 18.0. The summed E-state index contributed by atoms with van der Waals surface area (Å²) in [7, 11) is 0. The Morgan fingerprint density at radius 1 is 0.379 bits per heavy atom. The third-order valence-corrected chi connectivity index (χ3v) is 13.5. The molecule has 0 aliphatic heterocycles. The van der Waals surface area contributed by atoms with Crippen LogP contribution >= 0.6 is 0 Å². The average Bonchev–Trinajstić information content (AvgIpc) is 3.83. The van der Waals surface area contributed by atoms with E-state index >= 15 is 0 Å². The molecule has 0 atom stereocenters. The van der Waals surface area contributed by atoms with Crippen LogP contribution in [-0.4, -0.2) is 0 Å². The van der Waals surface area contributed by atoms with Gasteiger partial charge in [0.15, 0.2) is 0 Å². The van der Waals surface area contributed by atoms with Crippen LogP contribution in [0.4, 0.5) is 17.1 Å². The summed E-state index contributed by atoms with van der Waals surface area (Å²) in [4.78, 5) is 2.51. The van der Waals surface area contributed by atoms with Crippen LogP contribution in [-0.2, 0) is 10.8 Å². The number of hydrogen-bond acceptors (Lipinski definition) is 2. The molecule has 2 aliphatic carbocycles. The van der Waals surface area contributed by atoms with Gasteiger partial charge in [-0.1, -0.05) is 167 Å². The van der Waals surface area contributed by atoms with Crippen LogP contribution in [0.1, 0.15) is 49.9 Å². The summed E-state index contributed by atoms with van der Waals surface area (Å²) in [5.74, 6) is 0. The van der Waals surface area contributed by atoms with Gasteiger partial charge in [-0.3, -0.25) is 0 Å². The van der Waals surface area contributed by atoms with Gasteiger partial charge < -0.3 is 9.32 Å². The van der Waals surface area contributed by atoms with E-state index < -0.39 is 0 Å². The van der Waals surface area contributed by atoms with Gasteiger partial charge in [-0.25, -0.2) is 0 Å². The second kappa shape index (κ2) is 11.8. The number of anilines is 3. The van der Waals surface area contributed by atoms with Crippen molar-refractivity contribution < 1.29 is 4.42 Å². The lowest BCUT2D eigenvalue weighted by Gasteiger charge is -2.30. The van der Waals surface area contributed by atoms with Crippen molar-refractivity contribution in [1.82, 2.24) is 0 Å². The molecule has 0 amide bonds. The number of nitrogens with zero attached hydrogens (tertiary/aromatic N) is 1. The molecule has 10 aromatic rings. The summed E-state index contributed by atoms with van der Waals surface area (Å²) in [5, 5.41) is 6.95. The summed E-state index contributed by atoms with van der Waals surface area (Å²) < 4.78 is 6.91. The number of rotatable bonds is 4. The molecule has 276 valence electrons. The van der Waals surface area contributed by atoms with Crippen LogP contribution in [0.2, 0.25) is 0 Å². The maximum Gasteiger partial charge on any atom is 0.143 e. The highest BCUT2D eigenvalue weighted by Gasteiger charge is 2.38. The Labute approximate surface area is 338 Å². The fourth-order valence-electron chi connectivity index (χ4n) is 10.6. The molecule has 0 unspecified atom stereocenters. The molecule has 2 nitrogen and oxygen atoms in total. The van der Waals surface area contributed by atoms with E-state index in [1.54, 1.807) is 0 Å². The number of hydrogen-bond donors (Lipinski definition) is 0. The van der Waals surface area contributed by atoms with Gasteiger partial charge in [0.2, 0.25) is 0 Å². The smallest absolute Gasteiger partial charge is 0.143 e. The first kappa shape index (κ1) is 33.3. The Morgan fingerprint density at radius 3 is 1.55 bits per heavy atom. The van der Waals surface area contributed by atoms with Gasteiger partial charge in [0.25, 0.3) is 0 Å². The van der Waals surface area contributed by atoms with E-state index in [1.807, 2.05) is 0 Å². The normalized spacial score (nSPS) is 14.5. The maximum absolute atomic E-state index is 6.91. The standard InChI is InChI=1S/C56H41NO/c1-55(2)47-24-11-9-18-39(47)41-29-27-35(31-49(41)55)57(36-28-30-42-40-19-10-12-25-48(40)56(3,4)50(42)32-36)51-33-46-53-44(38-22-13-16-34-15-5-6-17-37(34)38)23-14-26-52(53)58-54(46)45-21-8-7-20-43(45)51/h5-33H,1-4H3. The van der Waals surface area contributed by atoms with Gasteiger partial charge >= 0.3 is 0 Å². The molecule has 2 heteroatoms. The molecule has 12 rings (SSSR count). The molecule has 0 N–H and O–H groups in total. The highest BCUT2D eigenvalue weighted by atomic mass is 16.3. The van der Waals surface area contributed by atoms with Crippen LogP contribution in [0.25, 0.3) is 76.9 Å². The van der Waals surface area contributed by atoms with E-state index in [-0.39, 0.29) is 10.8 Å². The van der Waals surface area contributed by atoms with Crippen LogP contribution in [0, 0.1) is 0 Å². The van der Waals surface area contributed by atoms with E-state index in [2.05, 4.69) is 209 Å². The van der Waals surface area contributed by atoms with Crippen LogP contribution in [0.3, 0.4) is 0 Å². The molecule has 0 bridgehead atoms. The van der Waals surface area contributed by atoms with Gasteiger partial charge in [-0.05, 0) is 103 Å². The Morgan fingerprint density at radius 2 is 0.879 bits per heavy atom. The number of fused-ring (bicyclic) bond motifs is 12. The van der Waals surface area contributed by atoms with Crippen LogP contribution < -0.4 is 4.90 Å². The van der Waals surface area contributed by atoms with Crippen molar-refractivity contribution >= 4 is 60.5 Å². The molecule has 0 fully saturated rings. The lowest BCUT2D eigenvalue weighted by Crippen LogP contribution is -2.18. The van der Waals surface area contributed by atoms with Crippen molar-refractivity contribution in [1.29, 1.82) is 0 Å². The second-order valence-corrected chi connectivity index (χ2v) is 17.3. The largest absolute Gasteiger partial charge is 0.455 e. The molecule has 1 heterocycles. The van der Waals surface area contributed by atoms with Gasteiger partial charge in [0.05, 0.1) is 5.69 Å². The fourth-order valence-corrected chi connectivity index (χ4v) is 10.6. The van der Waals surface area contributed by atoms with E-state index in [4.69, 9.17) is 4.42 Å². The molecule has 2 aliphatic rings. The molecule has 1 aromatic heterocycles. The first-order chi connectivity index (χ1) is 28.3. The Bertz CT molecular complexity index is 3250. The summed E-state index contributed by atoms with van der Waals surface area (Å²) >= 11 is 0. The molecule has 0 saturated carbocycles. The minimum atomic E-state index is -0.144. The molecular formula is C56H41NO. The van der Waals surface area contributed by atoms with Crippen molar-refractivity contribution in [2.75, 3.05) is 4.90 Å². The van der Waals surface area contributed by atoms with Gasteiger partial charge in [-0.2, -0.15) is 0 Å². The SMILES string of the molecule is CC1(C)c2ccccc2-c2ccc(N(c3ccc4c(c3)C(C)(C)c3ccccc3-4)c3cc4c(oc5cccc(-c6cccc7ccccc67)c54)c4ccccc34)cc21. The minimum Gasteiger partial charge on any atom is -0.455 e. The molecule has 0 radical (unpaired) electrons. The Balaban J connectivity index is 1.16. The molecule has 0 saturated heterocycles. The topological polar surface area (TPSA) is 16.4 Å². The third kappa shape index (κ3) is 4.49. The summed E-state index contributed by atoms with van der Waals surface area (Å²) in [6.45, 7) is 9.48. The van der Waals surface area contributed by atoms with Gasteiger partial charge in [0, 0.05) is 43.7 Å². The Kier molecular flexibility index (Phi) is 6.78. The molecule has 0 spiro atoms. The monoisotopic (exact) mass is 743 g/mol. The zero-order chi connectivity index (χ0) is 38.9. The lowest BCUT2D eigenvalue weighted by molar-refractivity contribution is 0.660. The fraction of sp³-hybridized carbons (Fsp3) is 0.107. The summed E-state index contributed by atoms with van der Waals surface area (Å²) in [6.07, 6.45) is 0. The highest BCUT2D eigenvalue weighted by Crippen LogP contribution is 2.54. The quantitative estimate of drug-likeness (QED) is 0.178. The first-order valence-corrected chi connectivity index (χ1v) is 20.4. The molecule has 9 aromatic carbocycles. The van der Waals surface area contributed by atoms with Gasteiger partial charge in [-0.15, -0.1) is 0 Å². The van der Waals surface area contributed by atoms with Crippen molar-refractivity contribution in [2.45, 2.75) is 38.5 Å². The average molecular weight is 744 g/mol. The predicted octanol–water partition coefficient (Wildman–Crippen LogP) is 15.6. The minimum absolute atomic E-state index is 0.144. The van der Waals surface area contributed by atoms with E-state index in [0.29, 0.717) is 0 Å². The first-order valence-electron chi connectivity index (χ1n) is 20.4. The number of furan rings is 1. The predicted molar refractivity (Wildman–Crippen MR) is 244 cm³/mol. The van der Waals surface area contributed by atoms with Crippen molar-refractivity contribution in [2.24, 2.45) is 0 Å². The van der Waals surface area contributed by atoms with Gasteiger partial charge in [0.1, 0.15) is 11.2 Å². The van der Waals surface area contributed by atoms with E-state index in [0.717, 1.165) is 49.8 Å².